The summed E-state index contributed by atoms with van der Waals surface area (Å²) in [4.78, 5) is 32.0. The number of carboxylic acid groups (broad SMARTS) is 1. The molecule has 0 atom stereocenters. The third-order valence-electron chi connectivity index (χ3n) is 1.39. The predicted octanol–water partition coefficient (Wildman–Crippen LogP) is -2.00. The van der Waals surface area contributed by atoms with Crippen LogP contribution in [-0.4, -0.2) is 50.8 Å². The summed E-state index contributed by atoms with van der Waals surface area (Å²) in [6, 6.07) is -0.856. The zero-order chi connectivity index (χ0) is 14.2. The maximum absolute atomic E-state index is 11.0. The number of carboxylic acids is 1. The fraction of sp³-hybridized carbons (Fsp3) is 0.375. The number of urea groups is 1. The molecule has 102 valence electrons. The van der Waals surface area contributed by atoms with E-state index in [4.69, 9.17) is 5.11 Å². The number of aliphatic carboxylic acids is 1. The highest BCUT2D eigenvalue weighted by molar-refractivity contribution is 7.88. The van der Waals surface area contributed by atoms with Crippen molar-refractivity contribution in [2.24, 2.45) is 0 Å². The molecule has 18 heavy (non-hydrogen) atoms. The van der Waals surface area contributed by atoms with Gasteiger partial charge in [-0.1, -0.05) is 0 Å². The number of hydrogen-bond donors (Lipinski definition) is 4. The smallest absolute Gasteiger partial charge is 0.328 e. The largest absolute Gasteiger partial charge is 0.478 e. The number of carbonyl (C=O) groups excluding carboxylic acids is 2. The lowest BCUT2D eigenvalue weighted by atomic mass is 10.5. The van der Waals surface area contributed by atoms with Gasteiger partial charge < -0.3 is 10.4 Å². The molecule has 0 radical (unpaired) electrons. The van der Waals surface area contributed by atoms with E-state index < -0.39 is 27.9 Å². The quantitative estimate of drug-likeness (QED) is 0.327. The number of carbonyl (C=O) groups is 3. The van der Waals surface area contributed by atoms with Gasteiger partial charge in [-0.25, -0.2) is 22.7 Å². The third kappa shape index (κ3) is 10.6. The molecule has 0 saturated heterocycles. The molecule has 0 aliphatic carbocycles. The first-order valence-corrected chi connectivity index (χ1v) is 6.54. The van der Waals surface area contributed by atoms with E-state index in [1.807, 2.05) is 5.32 Å². The molecule has 0 aliphatic rings. The number of nitrogens with one attached hydrogen (secondary N) is 3. The van der Waals surface area contributed by atoms with Crippen molar-refractivity contribution in [1.82, 2.24) is 15.4 Å². The van der Waals surface area contributed by atoms with Gasteiger partial charge in [-0.05, 0) is 0 Å². The molecule has 0 heterocycles. The van der Waals surface area contributed by atoms with Gasteiger partial charge in [0.25, 0.3) is 5.91 Å². The van der Waals surface area contributed by atoms with Crippen molar-refractivity contribution in [3.63, 3.8) is 0 Å². The number of sulfonamides is 1. The summed E-state index contributed by atoms with van der Waals surface area (Å²) < 4.78 is 23.4. The Morgan fingerprint density at radius 3 is 2.28 bits per heavy atom. The van der Waals surface area contributed by atoms with Gasteiger partial charge in [-0.15, -0.1) is 0 Å². The SMILES string of the molecule is CS(=O)(=O)NCCNC(=O)NC(=O)/C=C/C(=O)O. The lowest BCUT2D eigenvalue weighted by Crippen LogP contribution is -2.42. The first-order valence-electron chi connectivity index (χ1n) is 4.65. The van der Waals surface area contributed by atoms with Crippen LogP contribution in [-0.2, 0) is 19.6 Å². The zero-order valence-corrected chi connectivity index (χ0v) is 10.3. The average molecular weight is 279 g/mol. The van der Waals surface area contributed by atoms with Crippen LogP contribution in [0, 0.1) is 0 Å². The Balaban J connectivity index is 3.85. The summed E-state index contributed by atoms with van der Waals surface area (Å²) in [5.41, 5.74) is 0. The van der Waals surface area contributed by atoms with E-state index in [1.165, 1.54) is 0 Å². The first kappa shape index (κ1) is 16.1. The molecule has 0 fully saturated rings. The van der Waals surface area contributed by atoms with Gasteiger partial charge in [0.05, 0.1) is 6.26 Å². The molecule has 0 aliphatic heterocycles. The summed E-state index contributed by atoms with van der Waals surface area (Å²) in [5.74, 6) is -2.21. The van der Waals surface area contributed by atoms with Crippen molar-refractivity contribution in [3.05, 3.63) is 12.2 Å². The normalized spacial score (nSPS) is 11.2. The van der Waals surface area contributed by atoms with Crippen LogP contribution >= 0.6 is 0 Å². The Hall–Kier alpha value is -1.94. The van der Waals surface area contributed by atoms with Crippen LogP contribution in [0.5, 0.6) is 0 Å². The number of rotatable bonds is 6. The second-order valence-corrected chi connectivity index (χ2v) is 4.92. The van der Waals surface area contributed by atoms with E-state index in [9.17, 15) is 22.8 Å². The molecule has 4 N–H and O–H groups in total. The summed E-state index contributed by atoms with van der Waals surface area (Å²) >= 11 is 0. The van der Waals surface area contributed by atoms with Gasteiger partial charge in [0, 0.05) is 25.2 Å². The van der Waals surface area contributed by atoms with E-state index in [1.54, 1.807) is 0 Å². The Kier molecular flexibility index (Phi) is 6.60. The monoisotopic (exact) mass is 279 g/mol. The standard InChI is InChI=1S/C8H13N3O6S/c1-18(16,17)10-5-4-9-8(15)11-6(12)2-3-7(13)14/h2-3,10H,4-5H2,1H3,(H,13,14)(H2,9,11,12,15)/b3-2+. The molecule has 0 bridgehead atoms. The average Bonchev–Trinajstić information content (AvgIpc) is 2.20. The van der Waals surface area contributed by atoms with Crippen molar-refractivity contribution in [3.8, 4) is 0 Å². The molecule has 9 nitrogen and oxygen atoms in total. The Labute approximate surface area is 103 Å². The maximum atomic E-state index is 11.0. The minimum Gasteiger partial charge on any atom is -0.478 e. The second kappa shape index (κ2) is 7.40. The van der Waals surface area contributed by atoms with Crippen LogP contribution in [0.2, 0.25) is 0 Å². The zero-order valence-electron chi connectivity index (χ0n) is 9.47. The van der Waals surface area contributed by atoms with Crippen LogP contribution in [0.1, 0.15) is 0 Å². The van der Waals surface area contributed by atoms with E-state index in [-0.39, 0.29) is 13.1 Å². The minimum absolute atomic E-state index is 0.0190. The van der Waals surface area contributed by atoms with Crippen molar-refractivity contribution in [1.29, 1.82) is 0 Å². The van der Waals surface area contributed by atoms with Gasteiger partial charge in [0.15, 0.2) is 0 Å². The molecule has 0 unspecified atom stereocenters. The highest BCUT2D eigenvalue weighted by Crippen LogP contribution is 1.76. The molecule has 3 amide bonds. The van der Waals surface area contributed by atoms with Gasteiger partial charge >= 0.3 is 12.0 Å². The molecule has 0 rings (SSSR count). The molecule has 0 saturated carbocycles. The summed E-state index contributed by atoms with van der Waals surface area (Å²) in [7, 11) is -3.33. The van der Waals surface area contributed by atoms with Crippen LogP contribution < -0.4 is 15.4 Å². The fourth-order valence-corrected chi connectivity index (χ4v) is 1.23. The van der Waals surface area contributed by atoms with Crippen molar-refractivity contribution in [2.45, 2.75) is 0 Å². The molecule has 0 aromatic rings. The molecule has 0 aromatic heterocycles. The van der Waals surface area contributed by atoms with Gasteiger partial charge in [0.2, 0.25) is 10.0 Å². The van der Waals surface area contributed by atoms with Crippen molar-refractivity contribution >= 4 is 27.9 Å². The molecule has 0 spiro atoms. The topological polar surface area (TPSA) is 142 Å². The van der Waals surface area contributed by atoms with Gasteiger partial charge in [-0.2, -0.15) is 0 Å². The Morgan fingerprint density at radius 2 is 1.78 bits per heavy atom. The van der Waals surface area contributed by atoms with E-state index in [0.29, 0.717) is 12.2 Å². The Bertz CT molecular complexity index is 455. The summed E-state index contributed by atoms with van der Waals surface area (Å²) in [5, 5.41) is 12.2. The summed E-state index contributed by atoms with van der Waals surface area (Å²) in [6.07, 6.45) is 2.22. The van der Waals surface area contributed by atoms with E-state index in [2.05, 4.69) is 10.0 Å². The number of amides is 3. The molecular weight excluding hydrogens is 266 g/mol. The van der Waals surface area contributed by atoms with E-state index >= 15 is 0 Å². The molecular formula is C8H13N3O6S. The lowest BCUT2D eigenvalue weighted by Gasteiger charge is -2.05. The van der Waals surface area contributed by atoms with Crippen molar-refractivity contribution in [2.75, 3.05) is 19.3 Å². The molecule has 0 aromatic carbocycles. The minimum atomic E-state index is -3.33. The Morgan fingerprint density at radius 1 is 1.17 bits per heavy atom. The fourth-order valence-electron chi connectivity index (χ4n) is 0.757. The number of hydrogen-bond acceptors (Lipinski definition) is 5. The van der Waals surface area contributed by atoms with Crippen LogP contribution in [0.25, 0.3) is 0 Å². The highest BCUT2D eigenvalue weighted by Gasteiger charge is 2.05. The maximum Gasteiger partial charge on any atom is 0.328 e. The van der Waals surface area contributed by atoms with Gasteiger partial charge in [-0.3, -0.25) is 10.1 Å². The predicted molar refractivity (Wildman–Crippen MR) is 61.2 cm³/mol. The van der Waals surface area contributed by atoms with Crippen LogP contribution in [0.4, 0.5) is 4.79 Å². The molecule has 10 heteroatoms. The van der Waals surface area contributed by atoms with Gasteiger partial charge in [0.1, 0.15) is 0 Å². The first-order chi connectivity index (χ1) is 8.20. The van der Waals surface area contributed by atoms with Crippen LogP contribution in [0.3, 0.4) is 0 Å². The highest BCUT2D eigenvalue weighted by atomic mass is 32.2. The lowest BCUT2D eigenvalue weighted by molar-refractivity contribution is -0.131. The van der Waals surface area contributed by atoms with E-state index in [0.717, 1.165) is 6.26 Å². The summed E-state index contributed by atoms with van der Waals surface area (Å²) in [6.45, 7) is -0.0414. The number of imide groups is 1. The third-order valence-corrected chi connectivity index (χ3v) is 2.12. The van der Waals surface area contributed by atoms with Crippen molar-refractivity contribution < 1.29 is 27.9 Å². The van der Waals surface area contributed by atoms with Crippen LogP contribution in [0.15, 0.2) is 12.2 Å². The second-order valence-electron chi connectivity index (χ2n) is 3.08.